The van der Waals surface area contributed by atoms with Crippen molar-refractivity contribution in [2.75, 3.05) is 25.7 Å². The maximum Gasteiger partial charge on any atom is 0.301 e. The number of hydrogen-bond acceptors (Lipinski definition) is 8. The van der Waals surface area contributed by atoms with E-state index in [0.29, 0.717) is 45.6 Å². The number of aliphatic hydroxyl groups excluding tert-OH is 1. The molecule has 4 aromatic rings. The normalized spacial score (nSPS) is 16.8. The summed E-state index contributed by atoms with van der Waals surface area (Å²) in [4.78, 5) is 32.9. The summed E-state index contributed by atoms with van der Waals surface area (Å²) in [6, 6.07) is 18.3. The van der Waals surface area contributed by atoms with Crippen molar-refractivity contribution in [3.05, 3.63) is 83.4 Å². The molecule has 2 heterocycles. The minimum Gasteiger partial charge on any atom is -0.507 e. The van der Waals surface area contributed by atoms with Crippen LogP contribution in [0.3, 0.4) is 0 Å². The van der Waals surface area contributed by atoms with Crippen molar-refractivity contribution < 1.29 is 28.9 Å². The van der Waals surface area contributed by atoms with Gasteiger partial charge in [0.15, 0.2) is 16.6 Å². The maximum atomic E-state index is 13.5. The van der Waals surface area contributed by atoms with Crippen molar-refractivity contribution in [3.8, 4) is 17.2 Å². The number of aliphatic hydroxyl groups is 1. The van der Waals surface area contributed by atoms with Crippen molar-refractivity contribution >= 4 is 44.1 Å². The Morgan fingerprint density at radius 3 is 2.49 bits per heavy atom. The summed E-state index contributed by atoms with van der Waals surface area (Å²) in [5.74, 6) is -0.208. The fraction of sp³-hybridized carbons (Fsp3) is 0.179. The third kappa shape index (κ3) is 4.27. The number of benzene rings is 3. The van der Waals surface area contributed by atoms with E-state index in [4.69, 9.17) is 14.2 Å². The lowest BCUT2D eigenvalue weighted by Gasteiger charge is -2.24. The van der Waals surface area contributed by atoms with Gasteiger partial charge in [-0.15, -0.1) is 0 Å². The summed E-state index contributed by atoms with van der Waals surface area (Å²) in [5.41, 5.74) is 1.62. The first-order valence-corrected chi connectivity index (χ1v) is 12.4. The average molecular weight is 517 g/mol. The summed E-state index contributed by atoms with van der Waals surface area (Å²) in [6.45, 7) is 2.31. The Hall–Kier alpha value is -4.37. The molecule has 0 aliphatic carbocycles. The Morgan fingerprint density at radius 1 is 1.00 bits per heavy atom. The van der Waals surface area contributed by atoms with Gasteiger partial charge in [-0.1, -0.05) is 47.7 Å². The van der Waals surface area contributed by atoms with E-state index in [1.807, 2.05) is 13.0 Å². The number of ketones is 1. The molecule has 1 aromatic heterocycles. The SMILES string of the molecule is CCOc1ccc([C@@H]2/C(=C(\O)c3ccccc3)C(=O)C(=O)N2c2nc3ccc(OC)cc3s2)cc1OC. The van der Waals surface area contributed by atoms with E-state index in [-0.39, 0.29) is 11.3 Å². The van der Waals surface area contributed by atoms with Crippen molar-refractivity contribution in [1.82, 2.24) is 4.98 Å². The molecule has 37 heavy (non-hydrogen) atoms. The van der Waals surface area contributed by atoms with Crippen molar-refractivity contribution in [1.29, 1.82) is 0 Å². The van der Waals surface area contributed by atoms with Gasteiger partial charge in [0.25, 0.3) is 5.78 Å². The number of carbonyl (C=O) groups is 2. The standard InChI is InChI=1S/C28H24N2O6S/c1-4-36-20-13-10-17(14-21(20)35-3)24-23(25(31)16-8-6-5-7-9-16)26(32)27(33)30(24)28-29-19-12-11-18(34-2)15-22(19)37-28/h5-15,24,31H,4H2,1-3H3/b25-23+/t24-/m1/s1. The Labute approximate surface area is 217 Å². The van der Waals surface area contributed by atoms with E-state index < -0.39 is 17.7 Å². The van der Waals surface area contributed by atoms with Crippen LogP contribution in [0.5, 0.6) is 17.2 Å². The Bertz CT molecular complexity index is 1530. The highest BCUT2D eigenvalue weighted by Gasteiger charge is 2.48. The predicted molar refractivity (Wildman–Crippen MR) is 142 cm³/mol. The van der Waals surface area contributed by atoms with Crippen LogP contribution in [0, 0.1) is 0 Å². The Kier molecular flexibility index (Phi) is 6.54. The van der Waals surface area contributed by atoms with Gasteiger partial charge in [-0.25, -0.2) is 4.98 Å². The van der Waals surface area contributed by atoms with Gasteiger partial charge >= 0.3 is 5.91 Å². The molecule has 1 fully saturated rings. The minimum absolute atomic E-state index is 0.0285. The second kappa shape index (κ2) is 9.94. The highest BCUT2D eigenvalue weighted by Crippen LogP contribution is 2.46. The third-order valence-electron chi connectivity index (χ3n) is 6.09. The van der Waals surface area contributed by atoms with Crippen molar-refractivity contribution in [2.45, 2.75) is 13.0 Å². The number of nitrogens with zero attached hydrogens (tertiary/aromatic N) is 2. The van der Waals surface area contributed by atoms with Crippen LogP contribution in [-0.4, -0.2) is 42.6 Å². The third-order valence-corrected chi connectivity index (χ3v) is 7.10. The number of amides is 1. The molecule has 1 atom stereocenters. The number of rotatable bonds is 7. The van der Waals surface area contributed by atoms with Crippen LogP contribution in [-0.2, 0) is 9.59 Å². The number of Topliss-reactive ketones (excluding diaryl/α,β-unsaturated/α-hetero) is 1. The van der Waals surface area contributed by atoms with E-state index in [9.17, 15) is 14.7 Å². The van der Waals surface area contributed by atoms with Gasteiger partial charge in [-0.2, -0.15) is 0 Å². The highest BCUT2D eigenvalue weighted by molar-refractivity contribution is 7.22. The summed E-state index contributed by atoms with van der Waals surface area (Å²) < 4.78 is 17.3. The Balaban J connectivity index is 1.72. The van der Waals surface area contributed by atoms with E-state index >= 15 is 0 Å². The summed E-state index contributed by atoms with van der Waals surface area (Å²) in [5, 5.41) is 11.6. The molecule has 1 N–H and O–H groups in total. The second-order valence-electron chi connectivity index (χ2n) is 8.21. The average Bonchev–Trinajstić information content (AvgIpc) is 3.46. The first kappa shape index (κ1) is 24.3. The molecule has 8 nitrogen and oxygen atoms in total. The number of anilines is 1. The molecule has 1 aliphatic heterocycles. The van der Waals surface area contributed by atoms with Crippen LogP contribution in [0.4, 0.5) is 5.13 Å². The molecular weight excluding hydrogens is 492 g/mol. The van der Waals surface area contributed by atoms with Gasteiger partial charge in [-0.05, 0) is 42.8 Å². The zero-order chi connectivity index (χ0) is 26.1. The molecule has 3 aromatic carbocycles. The fourth-order valence-corrected chi connectivity index (χ4v) is 5.37. The quantitative estimate of drug-likeness (QED) is 0.201. The van der Waals surface area contributed by atoms with Crippen LogP contribution in [0.2, 0.25) is 0 Å². The monoisotopic (exact) mass is 516 g/mol. The summed E-state index contributed by atoms with van der Waals surface area (Å²) in [7, 11) is 3.09. The predicted octanol–water partition coefficient (Wildman–Crippen LogP) is 5.34. The topological polar surface area (TPSA) is 98.2 Å². The number of methoxy groups -OCH3 is 2. The molecule has 0 saturated carbocycles. The number of ether oxygens (including phenoxy) is 3. The molecule has 1 saturated heterocycles. The fourth-order valence-electron chi connectivity index (χ4n) is 4.35. The van der Waals surface area contributed by atoms with Gasteiger partial charge < -0.3 is 19.3 Å². The van der Waals surface area contributed by atoms with Crippen molar-refractivity contribution in [3.63, 3.8) is 0 Å². The van der Waals surface area contributed by atoms with Gasteiger partial charge in [-0.3, -0.25) is 14.5 Å². The van der Waals surface area contributed by atoms with Gasteiger partial charge in [0.2, 0.25) is 0 Å². The molecule has 0 spiro atoms. The second-order valence-corrected chi connectivity index (χ2v) is 9.22. The smallest absolute Gasteiger partial charge is 0.301 e. The minimum atomic E-state index is -0.938. The van der Waals surface area contributed by atoms with E-state index in [1.54, 1.807) is 67.8 Å². The number of hydrogen-bond donors (Lipinski definition) is 1. The zero-order valence-electron chi connectivity index (χ0n) is 20.4. The first-order valence-electron chi connectivity index (χ1n) is 11.6. The summed E-state index contributed by atoms with van der Waals surface area (Å²) in [6.07, 6.45) is 0. The van der Waals surface area contributed by atoms with Gasteiger partial charge in [0.1, 0.15) is 11.5 Å². The van der Waals surface area contributed by atoms with E-state index in [1.165, 1.54) is 23.3 Å². The Morgan fingerprint density at radius 2 is 1.78 bits per heavy atom. The molecule has 1 aliphatic rings. The highest BCUT2D eigenvalue weighted by atomic mass is 32.1. The van der Waals surface area contributed by atoms with E-state index in [0.717, 1.165) is 4.70 Å². The van der Waals surface area contributed by atoms with Crippen LogP contribution < -0.4 is 19.1 Å². The largest absolute Gasteiger partial charge is 0.507 e. The van der Waals surface area contributed by atoms with Crippen LogP contribution in [0.1, 0.15) is 24.1 Å². The molecule has 0 bridgehead atoms. The van der Waals surface area contributed by atoms with Crippen LogP contribution in [0.15, 0.2) is 72.3 Å². The van der Waals surface area contributed by atoms with Gasteiger partial charge in [0, 0.05) is 5.56 Å². The summed E-state index contributed by atoms with van der Waals surface area (Å²) >= 11 is 1.26. The maximum absolute atomic E-state index is 13.5. The number of fused-ring (bicyclic) bond motifs is 1. The van der Waals surface area contributed by atoms with Crippen LogP contribution in [0.25, 0.3) is 16.0 Å². The molecule has 188 valence electrons. The lowest BCUT2D eigenvalue weighted by molar-refractivity contribution is -0.132. The van der Waals surface area contributed by atoms with E-state index in [2.05, 4.69) is 4.98 Å². The molecule has 1 amide bonds. The number of aromatic nitrogens is 1. The lowest BCUT2D eigenvalue weighted by atomic mass is 9.95. The molecule has 0 unspecified atom stereocenters. The molecular formula is C28H24N2O6S. The van der Waals surface area contributed by atoms with Crippen molar-refractivity contribution in [2.24, 2.45) is 0 Å². The molecule has 9 heteroatoms. The van der Waals surface area contributed by atoms with Gasteiger partial charge in [0.05, 0.1) is 42.7 Å². The molecule has 0 radical (unpaired) electrons. The van der Waals surface area contributed by atoms with Crippen LogP contribution >= 0.6 is 11.3 Å². The first-order chi connectivity index (χ1) is 18.0. The molecule has 5 rings (SSSR count). The lowest BCUT2D eigenvalue weighted by Crippen LogP contribution is -2.29. The zero-order valence-corrected chi connectivity index (χ0v) is 21.2. The number of thiazole rings is 1. The number of carbonyl (C=O) groups excluding carboxylic acids is 2.